The van der Waals surface area contributed by atoms with Crippen molar-refractivity contribution in [2.75, 3.05) is 13.2 Å². The van der Waals surface area contributed by atoms with E-state index < -0.39 is 0 Å². The minimum Gasteiger partial charge on any atom is -0.508 e. The number of nitrogens with one attached hydrogen (secondary N) is 1. The minimum atomic E-state index is 0.0704. The second-order valence-electron chi connectivity index (χ2n) is 7.95. The van der Waals surface area contributed by atoms with Gasteiger partial charge in [0.05, 0.1) is 0 Å². The van der Waals surface area contributed by atoms with Crippen molar-refractivity contribution in [3.8, 4) is 28.4 Å². The fraction of sp³-hybridized carbons (Fsp3) is 0.179. The van der Waals surface area contributed by atoms with Gasteiger partial charge in [-0.15, -0.1) is 0 Å². The Kier molecular flexibility index (Phi) is 6.79. The number of amidine groups is 1. The molecule has 5 heteroatoms. The Hall–Kier alpha value is -3.99. The van der Waals surface area contributed by atoms with E-state index >= 15 is 0 Å². The van der Waals surface area contributed by atoms with E-state index in [0.29, 0.717) is 13.2 Å². The molecular formula is C28H28N2O3. The first-order valence-corrected chi connectivity index (χ1v) is 11.1. The van der Waals surface area contributed by atoms with Crippen LogP contribution in [0.4, 0.5) is 0 Å². The molecule has 168 valence electrons. The summed E-state index contributed by atoms with van der Waals surface area (Å²) in [4.78, 5) is 0. The molecule has 0 aliphatic rings. The average Bonchev–Trinajstić information content (AvgIpc) is 2.82. The number of ether oxygens (including phenoxy) is 2. The van der Waals surface area contributed by atoms with Crippen LogP contribution in [0.25, 0.3) is 21.9 Å². The lowest BCUT2D eigenvalue weighted by Crippen LogP contribution is -2.10. The van der Waals surface area contributed by atoms with E-state index in [9.17, 15) is 5.11 Å². The summed E-state index contributed by atoms with van der Waals surface area (Å²) in [5.74, 6) is 1.92. The van der Waals surface area contributed by atoms with Crippen molar-refractivity contribution in [3.05, 3.63) is 90.0 Å². The Morgan fingerprint density at radius 1 is 0.818 bits per heavy atom. The third-order valence-corrected chi connectivity index (χ3v) is 5.51. The zero-order valence-corrected chi connectivity index (χ0v) is 18.7. The summed E-state index contributed by atoms with van der Waals surface area (Å²) < 4.78 is 11.9. The fourth-order valence-corrected chi connectivity index (χ4v) is 3.82. The van der Waals surface area contributed by atoms with E-state index in [-0.39, 0.29) is 11.6 Å². The molecular weight excluding hydrogens is 412 g/mol. The molecule has 0 fully saturated rings. The van der Waals surface area contributed by atoms with Crippen LogP contribution in [0.3, 0.4) is 0 Å². The average molecular weight is 441 g/mol. The number of phenols is 1. The van der Waals surface area contributed by atoms with Crippen molar-refractivity contribution in [2.24, 2.45) is 5.73 Å². The SMILES string of the molecule is CCCc1cc(-c2ccc(C(=N)N)cc2)ccc1OCCOc1ccc2ccc(O)cc2c1. The zero-order valence-electron chi connectivity index (χ0n) is 18.7. The summed E-state index contributed by atoms with van der Waals surface area (Å²) in [6.07, 6.45) is 1.94. The Labute approximate surface area is 193 Å². The zero-order chi connectivity index (χ0) is 23.2. The highest BCUT2D eigenvalue weighted by Crippen LogP contribution is 2.28. The highest BCUT2D eigenvalue weighted by Gasteiger charge is 2.08. The molecule has 0 radical (unpaired) electrons. The number of aromatic hydroxyl groups is 1. The van der Waals surface area contributed by atoms with Gasteiger partial charge in [0.2, 0.25) is 0 Å². The molecule has 4 aromatic carbocycles. The molecule has 0 atom stereocenters. The highest BCUT2D eigenvalue weighted by atomic mass is 16.5. The van der Waals surface area contributed by atoms with Gasteiger partial charge in [-0.05, 0) is 70.3 Å². The van der Waals surface area contributed by atoms with Crippen molar-refractivity contribution in [3.63, 3.8) is 0 Å². The van der Waals surface area contributed by atoms with Gasteiger partial charge in [0.25, 0.3) is 0 Å². The van der Waals surface area contributed by atoms with E-state index in [4.69, 9.17) is 20.6 Å². The van der Waals surface area contributed by atoms with Gasteiger partial charge in [-0.3, -0.25) is 5.41 Å². The van der Waals surface area contributed by atoms with Crippen molar-refractivity contribution >= 4 is 16.6 Å². The second-order valence-corrected chi connectivity index (χ2v) is 7.95. The molecule has 0 heterocycles. The molecule has 4 rings (SSSR count). The number of hydrogen-bond donors (Lipinski definition) is 3. The number of fused-ring (bicyclic) bond motifs is 1. The van der Waals surface area contributed by atoms with Gasteiger partial charge in [-0.25, -0.2) is 0 Å². The first-order valence-electron chi connectivity index (χ1n) is 11.1. The van der Waals surface area contributed by atoms with Crippen molar-refractivity contribution in [1.29, 1.82) is 5.41 Å². The van der Waals surface area contributed by atoms with Crippen LogP contribution in [0, 0.1) is 5.41 Å². The van der Waals surface area contributed by atoms with Crippen LogP contribution < -0.4 is 15.2 Å². The van der Waals surface area contributed by atoms with E-state index in [0.717, 1.165) is 57.4 Å². The number of hydrogen-bond acceptors (Lipinski definition) is 4. The number of nitrogen functional groups attached to an aromatic ring is 1. The van der Waals surface area contributed by atoms with E-state index in [1.165, 1.54) is 0 Å². The molecule has 33 heavy (non-hydrogen) atoms. The molecule has 4 aromatic rings. The summed E-state index contributed by atoms with van der Waals surface area (Å²) in [6.45, 7) is 3.00. The lowest BCUT2D eigenvalue weighted by Gasteiger charge is -2.14. The normalized spacial score (nSPS) is 10.8. The van der Waals surface area contributed by atoms with E-state index in [2.05, 4.69) is 13.0 Å². The van der Waals surface area contributed by atoms with Gasteiger partial charge >= 0.3 is 0 Å². The first-order chi connectivity index (χ1) is 16.0. The third kappa shape index (κ3) is 5.44. The molecule has 4 N–H and O–H groups in total. The maximum absolute atomic E-state index is 9.68. The van der Waals surface area contributed by atoms with Crippen molar-refractivity contribution < 1.29 is 14.6 Å². The predicted molar refractivity (Wildman–Crippen MR) is 133 cm³/mol. The third-order valence-electron chi connectivity index (χ3n) is 5.51. The van der Waals surface area contributed by atoms with Crippen molar-refractivity contribution in [1.82, 2.24) is 0 Å². The monoisotopic (exact) mass is 440 g/mol. The van der Waals surface area contributed by atoms with Crippen LogP contribution in [0.5, 0.6) is 17.2 Å². The molecule has 0 amide bonds. The smallest absolute Gasteiger partial charge is 0.122 e. The van der Waals surface area contributed by atoms with Crippen LogP contribution in [-0.4, -0.2) is 24.2 Å². The number of rotatable bonds is 9. The highest BCUT2D eigenvalue weighted by molar-refractivity contribution is 5.95. The van der Waals surface area contributed by atoms with Crippen molar-refractivity contribution in [2.45, 2.75) is 19.8 Å². The lowest BCUT2D eigenvalue weighted by molar-refractivity contribution is 0.216. The second kappa shape index (κ2) is 10.1. The molecule has 0 saturated carbocycles. The van der Waals surface area contributed by atoms with Crippen LogP contribution in [0.15, 0.2) is 78.9 Å². The molecule has 0 spiro atoms. The summed E-state index contributed by atoms with van der Waals surface area (Å²) in [7, 11) is 0. The summed E-state index contributed by atoms with van der Waals surface area (Å²) in [5, 5.41) is 19.2. The van der Waals surface area contributed by atoms with E-state index in [1.54, 1.807) is 12.1 Å². The fourth-order valence-electron chi connectivity index (χ4n) is 3.82. The molecule has 5 nitrogen and oxygen atoms in total. The largest absolute Gasteiger partial charge is 0.508 e. The number of phenolic OH excluding ortho intramolecular Hbond substituents is 1. The van der Waals surface area contributed by atoms with Crippen LogP contribution in [0.2, 0.25) is 0 Å². The molecule has 0 aliphatic carbocycles. The number of nitrogens with two attached hydrogens (primary N) is 1. The van der Waals surface area contributed by atoms with Crippen LogP contribution >= 0.6 is 0 Å². The Balaban J connectivity index is 1.40. The van der Waals surface area contributed by atoms with Gasteiger partial charge in [0.15, 0.2) is 0 Å². The Morgan fingerprint density at radius 2 is 1.55 bits per heavy atom. The Bertz CT molecular complexity index is 1270. The van der Waals surface area contributed by atoms with Gasteiger partial charge < -0.3 is 20.3 Å². The minimum absolute atomic E-state index is 0.0704. The maximum Gasteiger partial charge on any atom is 0.122 e. The van der Waals surface area contributed by atoms with Gasteiger partial charge in [-0.2, -0.15) is 0 Å². The topological polar surface area (TPSA) is 88.6 Å². The standard InChI is InChI=1S/C28H28N2O3/c1-2-3-23-16-22(19-4-6-21(7-5-19)28(29)30)10-13-27(23)33-15-14-32-26-12-9-20-8-11-25(31)17-24(20)18-26/h4-13,16-18,31H,2-3,14-15H2,1H3,(H3,29,30). The quantitative estimate of drug-likeness (QED) is 0.172. The Morgan fingerprint density at radius 3 is 2.30 bits per heavy atom. The lowest BCUT2D eigenvalue weighted by atomic mass is 9.99. The summed E-state index contributed by atoms with van der Waals surface area (Å²) >= 11 is 0. The molecule has 0 aliphatic heterocycles. The molecule has 0 aromatic heterocycles. The summed E-state index contributed by atoms with van der Waals surface area (Å²) in [6, 6.07) is 25.0. The van der Waals surface area contributed by atoms with Gasteiger partial charge in [0, 0.05) is 5.56 Å². The summed E-state index contributed by atoms with van der Waals surface area (Å²) in [5.41, 5.74) is 9.62. The first kappa shape index (κ1) is 22.2. The van der Waals surface area contributed by atoms with Gasteiger partial charge in [-0.1, -0.05) is 55.8 Å². The van der Waals surface area contributed by atoms with Gasteiger partial charge in [0.1, 0.15) is 36.3 Å². The molecule has 0 unspecified atom stereocenters. The molecule has 0 bridgehead atoms. The van der Waals surface area contributed by atoms with Crippen LogP contribution in [-0.2, 0) is 6.42 Å². The number of aryl methyl sites for hydroxylation is 1. The number of benzene rings is 4. The maximum atomic E-state index is 9.68. The predicted octanol–water partition coefficient (Wildman–Crippen LogP) is 5.91. The molecule has 0 saturated heterocycles. The van der Waals surface area contributed by atoms with E-state index in [1.807, 2.05) is 60.7 Å². The van der Waals surface area contributed by atoms with Crippen LogP contribution in [0.1, 0.15) is 24.5 Å².